The number of ether oxygens (including phenoxy) is 3. The molecule has 3 aromatic carbocycles. The number of rotatable bonds is 7. The largest absolute Gasteiger partial charge is 0.493 e. The Kier molecular flexibility index (Phi) is 6.81. The van der Waals surface area contributed by atoms with E-state index in [2.05, 4.69) is 15.3 Å². The second kappa shape index (κ2) is 10.5. The molecule has 1 aliphatic heterocycles. The molecule has 0 radical (unpaired) electrons. The first kappa shape index (κ1) is 23.4. The summed E-state index contributed by atoms with van der Waals surface area (Å²) in [5.74, 6) is 1.07. The van der Waals surface area contributed by atoms with E-state index < -0.39 is 0 Å². The van der Waals surface area contributed by atoms with E-state index in [0.717, 1.165) is 22.4 Å². The summed E-state index contributed by atoms with van der Waals surface area (Å²) in [6, 6.07) is 20.1. The van der Waals surface area contributed by atoms with Gasteiger partial charge in [0.15, 0.2) is 18.1 Å². The summed E-state index contributed by atoms with van der Waals surface area (Å²) in [5.41, 5.74) is 3.71. The molecule has 36 heavy (non-hydrogen) atoms. The third-order valence-electron chi connectivity index (χ3n) is 5.92. The minimum absolute atomic E-state index is 0.115. The van der Waals surface area contributed by atoms with Gasteiger partial charge in [-0.2, -0.15) is 0 Å². The molecule has 9 nitrogen and oxygen atoms in total. The average molecular weight is 487 g/mol. The number of aromatic nitrogens is 2. The van der Waals surface area contributed by atoms with E-state index in [1.165, 1.54) is 7.11 Å². The molecule has 0 spiro atoms. The lowest BCUT2D eigenvalue weighted by Crippen LogP contribution is -2.43. The van der Waals surface area contributed by atoms with Crippen molar-refractivity contribution in [3.63, 3.8) is 0 Å². The lowest BCUT2D eigenvalue weighted by molar-refractivity contribution is -0.137. The predicted octanol–water partition coefficient (Wildman–Crippen LogP) is 3.73. The third kappa shape index (κ3) is 5.16. The molecule has 2 amide bonds. The molecule has 0 saturated carbocycles. The molecule has 5 rings (SSSR count). The maximum atomic E-state index is 13.0. The van der Waals surface area contributed by atoms with Crippen molar-refractivity contribution >= 4 is 28.5 Å². The van der Waals surface area contributed by atoms with Gasteiger partial charge in [-0.25, -0.2) is 4.98 Å². The number of amides is 2. The van der Waals surface area contributed by atoms with Gasteiger partial charge in [-0.3, -0.25) is 9.59 Å². The van der Waals surface area contributed by atoms with Crippen molar-refractivity contribution < 1.29 is 23.8 Å². The Morgan fingerprint density at radius 2 is 1.86 bits per heavy atom. The molecule has 1 fully saturated rings. The molecule has 0 unspecified atom stereocenters. The van der Waals surface area contributed by atoms with Crippen molar-refractivity contribution in [2.24, 2.45) is 0 Å². The van der Waals surface area contributed by atoms with Crippen LogP contribution in [-0.4, -0.2) is 66.7 Å². The lowest BCUT2D eigenvalue weighted by atomic mass is 10.1. The van der Waals surface area contributed by atoms with E-state index in [1.807, 2.05) is 48.5 Å². The molecule has 184 valence electrons. The summed E-state index contributed by atoms with van der Waals surface area (Å²) in [6.07, 6.45) is 0. The van der Waals surface area contributed by atoms with Crippen LogP contribution in [0.3, 0.4) is 0 Å². The minimum Gasteiger partial charge on any atom is -0.493 e. The highest BCUT2D eigenvalue weighted by molar-refractivity contribution is 6.05. The Morgan fingerprint density at radius 1 is 1.03 bits per heavy atom. The van der Waals surface area contributed by atoms with Crippen LogP contribution in [0.25, 0.3) is 22.4 Å². The molecule has 1 aliphatic rings. The van der Waals surface area contributed by atoms with Crippen LogP contribution in [-0.2, 0) is 9.53 Å². The standard InChI is InChI=1S/C27H26N4O5/c1-34-24-16-19(9-10-23(24)36-17-25(32)31-11-13-35-14-12-31)27(33)28-20-6-4-5-18(15-20)26-29-21-7-2-3-8-22(21)30-26/h2-10,15-16H,11-14,17H2,1H3,(H,28,33)(H,29,30). The molecule has 2 N–H and O–H groups in total. The predicted molar refractivity (Wildman–Crippen MR) is 135 cm³/mol. The maximum absolute atomic E-state index is 13.0. The maximum Gasteiger partial charge on any atom is 0.260 e. The Labute approximate surface area is 208 Å². The van der Waals surface area contributed by atoms with Gasteiger partial charge in [-0.1, -0.05) is 24.3 Å². The van der Waals surface area contributed by atoms with Crippen LogP contribution in [0.2, 0.25) is 0 Å². The number of methoxy groups -OCH3 is 1. The highest BCUT2D eigenvalue weighted by Crippen LogP contribution is 2.29. The fourth-order valence-electron chi connectivity index (χ4n) is 4.01. The van der Waals surface area contributed by atoms with E-state index in [-0.39, 0.29) is 18.4 Å². The van der Waals surface area contributed by atoms with E-state index in [4.69, 9.17) is 14.2 Å². The molecule has 1 aromatic heterocycles. The van der Waals surface area contributed by atoms with Crippen LogP contribution in [0.15, 0.2) is 66.7 Å². The molecule has 4 aromatic rings. The number of anilines is 1. The monoisotopic (exact) mass is 486 g/mol. The van der Waals surface area contributed by atoms with Crippen molar-refractivity contribution in [1.82, 2.24) is 14.9 Å². The molecular formula is C27H26N4O5. The van der Waals surface area contributed by atoms with E-state index in [1.54, 1.807) is 23.1 Å². The van der Waals surface area contributed by atoms with Gasteiger partial charge >= 0.3 is 0 Å². The Hall–Kier alpha value is -4.37. The van der Waals surface area contributed by atoms with Crippen molar-refractivity contribution in [2.75, 3.05) is 45.3 Å². The van der Waals surface area contributed by atoms with Crippen LogP contribution in [0.5, 0.6) is 11.5 Å². The number of benzene rings is 3. The quantitative estimate of drug-likeness (QED) is 0.412. The highest BCUT2D eigenvalue weighted by Gasteiger charge is 2.19. The molecule has 2 heterocycles. The second-order valence-corrected chi connectivity index (χ2v) is 8.28. The summed E-state index contributed by atoms with van der Waals surface area (Å²) >= 11 is 0. The fourth-order valence-corrected chi connectivity index (χ4v) is 4.01. The second-order valence-electron chi connectivity index (χ2n) is 8.28. The zero-order chi connectivity index (χ0) is 24.9. The van der Waals surface area contributed by atoms with E-state index >= 15 is 0 Å². The lowest BCUT2D eigenvalue weighted by Gasteiger charge is -2.26. The molecule has 0 atom stereocenters. The highest BCUT2D eigenvalue weighted by atomic mass is 16.5. The Balaban J connectivity index is 1.26. The zero-order valence-electron chi connectivity index (χ0n) is 19.8. The van der Waals surface area contributed by atoms with Crippen LogP contribution in [0.1, 0.15) is 10.4 Å². The number of fused-ring (bicyclic) bond motifs is 1. The van der Waals surface area contributed by atoms with Crippen LogP contribution < -0.4 is 14.8 Å². The van der Waals surface area contributed by atoms with Gasteiger partial charge < -0.3 is 29.4 Å². The number of carbonyl (C=O) groups excluding carboxylic acids is 2. The number of aromatic amines is 1. The first-order valence-electron chi connectivity index (χ1n) is 11.6. The molecule has 0 bridgehead atoms. The average Bonchev–Trinajstić information content (AvgIpc) is 3.37. The van der Waals surface area contributed by atoms with Gasteiger partial charge in [0.05, 0.1) is 31.4 Å². The molecule has 1 saturated heterocycles. The van der Waals surface area contributed by atoms with Gasteiger partial charge in [0.25, 0.3) is 11.8 Å². The summed E-state index contributed by atoms with van der Waals surface area (Å²) in [7, 11) is 1.49. The van der Waals surface area contributed by atoms with E-state index in [0.29, 0.717) is 49.1 Å². The number of morpholine rings is 1. The van der Waals surface area contributed by atoms with Crippen molar-refractivity contribution in [3.8, 4) is 22.9 Å². The summed E-state index contributed by atoms with van der Waals surface area (Å²) in [6.45, 7) is 2.04. The number of nitrogens with one attached hydrogen (secondary N) is 2. The number of para-hydroxylation sites is 2. The third-order valence-corrected chi connectivity index (χ3v) is 5.92. The zero-order valence-corrected chi connectivity index (χ0v) is 19.8. The first-order chi connectivity index (χ1) is 17.6. The Morgan fingerprint density at radius 3 is 2.67 bits per heavy atom. The molecule has 9 heteroatoms. The number of nitrogens with zero attached hydrogens (tertiary/aromatic N) is 2. The first-order valence-corrected chi connectivity index (χ1v) is 11.6. The molecule has 0 aliphatic carbocycles. The molecular weight excluding hydrogens is 460 g/mol. The van der Waals surface area contributed by atoms with Gasteiger partial charge in [0, 0.05) is 29.9 Å². The van der Waals surface area contributed by atoms with Gasteiger partial charge in [0.2, 0.25) is 0 Å². The number of imidazole rings is 1. The summed E-state index contributed by atoms with van der Waals surface area (Å²) in [4.78, 5) is 34.9. The minimum atomic E-state index is -0.300. The van der Waals surface area contributed by atoms with Gasteiger partial charge in [0.1, 0.15) is 5.82 Å². The SMILES string of the molecule is COc1cc(C(=O)Nc2cccc(-c3nc4ccccc4[nH]3)c2)ccc1OCC(=O)N1CCOCC1. The normalized spacial score (nSPS) is 13.4. The van der Waals surface area contributed by atoms with Crippen LogP contribution >= 0.6 is 0 Å². The topological polar surface area (TPSA) is 106 Å². The number of H-pyrrole nitrogens is 1. The van der Waals surface area contributed by atoms with Crippen molar-refractivity contribution in [3.05, 3.63) is 72.3 Å². The van der Waals surface area contributed by atoms with Gasteiger partial charge in [-0.15, -0.1) is 0 Å². The van der Waals surface area contributed by atoms with E-state index in [9.17, 15) is 9.59 Å². The summed E-state index contributed by atoms with van der Waals surface area (Å²) < 4.78 is 16.4. The van der Waals surface area contributed by atoms with Gasteiger partial charge in [-0.05, 0) is 42.5 Å². The van der Waals surface area contributed by atoms with Crippen LogP contribution in [0, 0.1) is 0 Å². The van der Waals surface area contributed by atoms with Crippen molar-refractivity contribution in [2.45, 2.75) is 0 Å². The van der Waals surface area contributed by atoms with Crippen LogP contribution in [0.4, 0.5) is 5.69 Å². The number of carbonyl (C=O) groups is 2. The summed E-state index contributed by atoms with van der Waals surface area (Å²) in [5, 5.41) is 2.92. The fraction of sp³-hybridized carbons (Fsp3) is 0.222. The Bertz CT molecular complexity index is 1360. The van der Waals surface area contributed by atoms with Crippen molar-refractivity contribution in [1.29, 1.82) is 0 Å². The number of hydrogen-bond donors (Lipinski definition) is 2. The smallest absolute Gasteiger partial charge is 0.260 e. The number of hydrogen-bond acceptors (Lipinski definition) is 6.